The molecule has 0 aromatic heterocycles. The molecule has 0 fully saturated rings. The van der Waals surface area contributed by atoms with E-state index >= 15 is 0 Å². The summed E-state index contributed by atoms with van der Waals surface area (Å²) in [6, 6.07) is 7.35. The van der Waals surface area contributed by atoms with Crippen LogP contribution < -0.4 is 35.0 Å². The van der Waals surface area contributed by atoms with Crippen LogP contribution in [0.3, 0.4) is 0 Å². The molecule has 0 bridgehead atoms. The molecule has 4 N–H and O–H groups in total. The van der Waals surface area contributed by atoms with Crippen molar-refractivity contribution in [2.45, 2.75) is 26.1 Å². The topological polar surface area (TPSA) is 149 Å². The molecule has 2 aromatic carbocycles. The first-order valence-corrected chi connectivity index (χ1v) is 12.4. The molecule has 0 radical (unpaired) electrons. The molecule has 0 saturated carbocycles. The molecule has 4 rings (SSSR count). The number of halogens is 1. The molecule has 0 unspecified atom stereocenters. The van der Waals surface area contributed by atoms with Gasteiger partial charge in [0.15, 0.2) is 29.2 Å². The van der Waals surface area contributed by atoms with Crippen LogP contribution in [-0.4, -0.2) is 56.7 Å². The summed E-state index contributed by atoms with van der Waals surface area (Å²) in [6.07, 6.45) is 0.394. The number of ether oxygens (including phenoxy) is 5. The summed E-state index contributed by atoms with van der Waals surface area (Å²) in [7, 11) is 1.27. The van der Waals surface area contributed by atoms with Crippen molar-refractivity contribution < 1.29 is 38.4 Å². The molecule has 2 aliphatic rings. The van der Waals surface area contributed by atoms with Crippen LogP contribution in [-0.2, 0) is 9.53 Å². The monoisotopic (exact) mass is 590 g/mol. The Morgan fingerprint density at radius 2 is 2.03 bits per heavy atom. The van der Waals surface area contributed by atoms with E-state index in [0.717, 1.165) is 10.0 Å². The van der Waals surface area contributed by atoms with Crippen molar-refractivity contribution in [1.82, 2.24) is 16.1 Å². The molecule has 2 aromatic rings. The van der Waals surface area contributed by atoms with Crippen molar-refractivity contribution in [3.63, 3.8) is 0 Å². The van der Waals surface area contributed by atoms with E-state index in [4.69, 9.17) is 23.7 Å². The summed E-state index contributed by atoms with van der Waals surface area (Å²) in [6.45, 7) is 3.80. The Morgan fingerprint density at radius 1 is 1.26 bits per heavy atom. The number of nitrogens with one attached hydrogen (secondary N) is 3. The largest absolute Gasteiger partial charge is 0.490 e. The fourth-order valence-corrected chi connectivity index (χ4v) is 4.27. The van der Waals surface area contributed by atoms with Gasteiger partial charge in [-0.15, -0.1) is 0 Å². The number of fused-ring (bicyclic) bond motifs is 1. The molecular formula is C25H27BrN4O8. The van der Waals surface area contributed by atoms with Crippen LogP contribution in [0.5, 0.6) is 23.0 Å². The van der Waals surface area contributed by atoms with Crippen LogP contribution in [0, 0.1) is 0 Å². The number of urea groups is 1. The van der Waals surface area contributed by atoms with E-state index in [1.807, 2.05) is 6.92 Å². The molecular weight excluding hydrogens is 564 g/mol. The predicted molar refractivity (Wildman–Crippen MR) is 139 cm³/mol. The first kappa shape index (κ1) is 27.1. The van der Waals surface area contributed by atoms with Gasteiger partial charge in [-0.2, -0.15) is 5.10 Å². The van der Waals surface area contributed by atoms with Gasteiger partial charge in [0.2, 0.25) is 6.79 Å². The molecule has 13 heteroatoms. The summed E-state index contributed by atoms with van der Waals surface area (Å²) in [5.74, 6) is 1.42. The van der Waals surface area contributed by atoms with Gasteiger partial charge in [-0.1, -0.05) is 6.07 Å². The highest BCUT2D eigenvalue weighted by molar-refractivity contribution is 9.10. The van der Waals surface area contributed by atoms with E-state index in [2.05, 4.69) is 37.1 Å². The second-order valence-corrected chi connectivity index (χ2v) is 9.00. The van der Waals surface area contributed by atoms with Crippen molar-refractivity contribution in [3.8, 4) is 23.0 Å². The van der Waals surface area contributed by atoms with E-state index in [1.54, 1.807) is 37.3 Å². The Hall–Kier alpha value is -3.97. The average molecular weight is 591 g/mol. The zero-order chi connectivity index (χ0) is 27.2. The average Bonchev–Trinajstić information content (AvgIpc) is 3.34. The first-order chi connectivity index (χ1) is 18.3. The third-order valence-corrected chi connectivity index (χ3v) is 6.28. The number of methoxy groups -OCH3 is 1. The Balaban J connectivity index is 1.43. The molecule has 2 aliphatic heterocycles. The van der Waals surface area contributed by atoms with E-state index in [9.17, 15) is 14.7 Å². The van der Waals surface area contributed by atoms with Crippen LogP contribution >= 0.6 is 15.9 Å². The van der Waals surface area contributed by atoms with E-state index in [-0.39, 0.29) is 19.0 Å². The molecule has 2 amide bonds. The second kappa shape index (κ2) is 12.0. The lowest BCUT2D eigenvalue weighted by Crippen LogP contribution is -2.45. The maximum atomic E-state index is 12.4. The first-order valence-electron chi connectivity index (χ1n) is 11.6. The fraction of sp³-hybridized carbons (Fsp3) is 0.320. The van der Waals surface area contributed by atoms with Gasteiger partial charge in [0.1, 0.15) is 6.61 Å². The summed E-state index contributed by atoms with van der Waals surface area (Å²) < 4.78 is 27.8. The predicted octanol–water partition coefficient (Wildman–Crippen LogP) is 2.70. The molecule has 202 valence electrons. The number of aliphatic hydroxyl groups is 1. The number of amides is 2. The lowest BCUT2D eigenvalue weighted by atomic mass is 9.95. The quantitative estimate of drug-likeness (QED) is 0.142. The van der Waals surface area contributed by atoms with Crippen LogP contribution in [0.4, 0.5) is 4.79 Å². The third kappa shape index (κ3) is 6.11. The molecule has 0 saturated heterocycles. The van der Waals surface area contributed by atoms with E-state index in [0.29, 0.717) is 40.9 Å². The van der Waals surface area contributed by atoms with E-state index < -0.39 is 24.3 Å². The number of hydrazone groups is 1. The van der Waals surface area contributed by atoms with Crippen molar-refractivity contribution in [2.75, 3.05) is 27.1 Å². The number of allylic oxidation sites excluding steroid dienone is 1. The highest BCUT2D eigenvalue weighted by atomic mass is 79.9. The van der Waals surface area contributed by atoms with Gasteiger partial charge in [-0.05, 0) is 59.6 Å². The Morgan fingerprint density at radius 3 is 2.76 bits per heavy atom. The maximum absolute atomic E-state index is 12.4. The zero-order valence-corrected chi connectivity index (χ0v) is 22.5. The van der Waals surface area contributed by atoms with Crippen molar-refractivity contribution in [3.05, 3.63) is 57.2 Å². The summed E-state index contributed by atoms with van der Waals surface area (Å²) >= 11 is 3.45. The minimum atomic E-state index is -1.13. The van der Waals surface area contributed by atoms with Gasteiger partial charge in [0, 0.05) is 15.7 Å². The number of esters is 1. The summed E-state index contributed by atoms with van der Waals surface area (Å²) in [5.41, 5.74) is 4.58. The SMILES string of the molecule is CCOc1cc([C@@H]2NC(=O)NC(C)=C2C(=O)OC)ccc1OC[C@@H](O)N/N=C/c1cc2c(cc1Br)OCO2. The highest BCUT2D eigenvalue weighted by Crippen LogP contribution is 2.37. The smallest absolute Gasteiger partial charge is 0.337 e. The lowest BCUT2D eigenvalue weighted by Gasteiger charge is -2.28. The number of benzene rings is 2. The van der Waals surface area contributed by atoms with Crippen molar-refractivity contribution in [2.24, 2.45) is 5.10 Å². The van der Waals surface area contributed by atoms with E-state index in [1.165, 1.54) is 13.3 Å². The number of rotatable bonds is 10. The van der Waals surface area contributed by atoms with Gasteiger partial charge in [0.25, 0.3) is 0 Å². The number of hydrogen-bond acceptors (Lipinski definition) is 10. The standard InChI is InChI=1S/C25H27BrN4O8/c1-4-35-18-7-14(23-22(24(32)34-3)13(2)28-25(33)29-23)5-6-17(18)36-11-21(31)30-27-10-15-8-19-20(9-16(15)26)38-12-37-19/h5-10,21,23,30-31H,4,11-12H2,1-3H3,(H2,28,29,33)/b27-10+/t21-,23+/m1/s1. The Bertz CT molecular complexity index is 1280. The number of hydrogen-bond donors (Lipinski definition) is 4. The normalized spacial score (nSPS) is 17.1. The second-order valence-electron chi connectivity index (χ2n) is 8.14. The minimum absolute atomic E-state index is 0.143. The molecule has 0 aliphatic carbocycles. The minimum Gasteiger partial charge on any atom is -0.490 e. The van der Waals surface area contributed by atoms with Crippen LogP contribution in [0.15, 0.2) is 51.2 Å². The number of aliphatic hydroxyl groups excluding tert-OH is 1. The maximum Gasteiger partial charge on any atom is 0.337 e. The summed E-state index contributed by atoms with van der Waals surface area (Å²) in [4.78, 5) is 24.5. The van der Waals surface area contributed by atoms with Crippen LogP contribution in [0.1, 0.15) is 31.0 Å². The molecule has 0 spiro atoms. The molecule has 38 heavy (non-hydrogen) atoms. The fourth-order valence-electron chi connectivity index (χ4n) is 3.85. The van der Waals surface area contributed by atoms with Crippen LogP contribution in [0.25, 0.3) is 0 Å². The van der Waals surface area contributed by atoms with Gasteiger partial charge < -0.3 is 39.4 Å². The highest BCUT2D eigenvalue weighted by Gasteiger charge is 2.32. The molecule has 2 heterocycles. The number of carbonyl (C=O) groups is 2. The zero-order valence-electron chi connectivity index (χ0n) is 20.9. The Labute approximate surface area is 227 Å². The third-order valence-electron chi connectivity index (χ3n) is 5.59. The van der Waals surface area contributed by atoms with Gasteiger partial charge in [0.05, 0.1) is 31.5 Å². The Kier molecular flexibility index (Phi) is 8.59. The lowest BCUT2D eigenvalue weighted by molar-refractivity contribution is -0.136. The molecule has 2 atom stereocenters. The van der Waals surface area contributed by atoms with Crippen LogP contribution in [0.2, 0.25) is 0 Å². The molecule has 12 nitrogen and oxygen atoms in total. The van der Waals surface area contributed by atoms with Gasteiger partial charge in [-0.25, -0.2) is 9.59 Å². The number of carbonyl (C=O) groups excluding carboxylic acids is 2. The van der Waals surface area contributed by atoms with Crippen molar-refractivity contribution in [1.29, 1.82) is 0 Å². The van der Waals surface area contributed by atoms with Crippen molar-refractivity contribution >= 4 is 34.1 Å². The number of nitrogens with zero attached hydrogens (tertiary/aromatic N) is 1. The summed E-state index contributed by atoms with van der Waals surface area (Å²) in [5, 5.41) is 19.7. The van der Waals surface area contributed by atoms with Gasteiger partial charge in [-0.3, -0.25) is 5.43 Å². The van der Waals surface area contributed by atoms with Gasteiger partial charge >= 0.3 is 12.0 Å².